The minimum atomic E-state index is -3.43. The van der Waals surface area contributed by atoms with Gasteiger partial charge in [0.25, 0.3) is 0 Å². The molecule has 0 radical (unpaired) electrons. The van der Waals surface area contributed by atoms with E-state index in [-0.39, 0.29) is 22.8 Å². The molecule has 0 saturated carbocycles. The molecular weight excluding hydrogens is 180 g/mol. The number of hydrogen-bond acceptors (Lipinski definition) is 3. The summed E-state index contributed by atoms with van der Waals surface area (Å²) in [6.45, 7) is -0.146. The second-order valence-corrected chi connectivity index (χ2v) is 4.22. The lowest BCUT2D eigenvalue weighted by Gasteiger charge is -2.11. The Balaban J connectivity index is 2.73. The van der Waals surface area contributed by atoms with Crippen molar-refractivity contribution in [3.05, 3.63) is 18.0 Å². The van der Waals surface area contributed by atoms with Crippen LogP contribution in [-0.4, -0.2) is 25.7 Å². The van der Waals surface area contributed by atoms with Crippen LogP contribution in [0.15, 0.2) is 17.3 Å². The maximum absolute atomic E-state index is 11.2. The smallest absolute Gasteiger partial charge is 0.243 e. The van der Waals surface area contributed by atoms with E-state index in [4.69, 9.17) is 0 Å². The van der Waals surface area contributed by atoms with Crippen LogP contribution in [0.4, 0.5) is 0 Å². The topological polar surface area (TPSA) is 79.0 Å². The van der Waals surface area contributed by atoms with Crippen molar-refractivity contribution in [2.45, 2.75) is 4.90 Å². The van der Waals surface area contributed by atoms with Gasteiger partial charge in [-0.25, -0.2) is 13.1 Å². The van der Waals surface area contributed by atoms with E-state index >= 15 is 0 Å². The third kappa shape index (κ3) is 0.886. The van der Waals surface area contributed by atoms with E-state index in [1.807, 2.05) is 0 Å². The van der Waals surface area contributed by atoms with Gasteiger partial charge in [-0.15, -0.1) is 0 Å². The standard InChI is InChI=1S/C6H6N2O3S/c9-5-2-8-12(10,11)6-3-7-1-4(5)6/h1,3,7-8H,2H2. The Morgan fingerprint density at radius 2 is 2.08 bits per heavy atom. The number of sulfonamides is 1. The second kappa shape index (κ2) is 2.18. The molecule has 5 nitrogen and oxygen atoms in total. The number of nitrogens with one attached hydrogen (secondary N) is 2. The summed E-state index contributed by atoms with van der Waals surface area (Å²) in [6.07, 6.45) is 2.70. The molecule has 1 aromatic rings. The van der Waals surface area contributed by atoms with Gasteiger partial charge in [-0.1, -0.05) is 0 Å². The third-order valence-electron chi connectivity index (χ3n) is 1.72. The normalized spacial score (nSPS) is 20.5. The summed E-state index contributed by atoms with van der Waals surface area (Å²) in [7, 11) is -3.43. The number of aromatic amines is 1. The van der Waals surface area contributed by atoms with Crippen molar-refractivity contribution < 1.29 is 13.2 Å². The van der Waals surface area contributed by atoms with Crippen LogP contribution in [0.1, 0.15) is 10.4 Å². The SMILES string of the molecule is O=C1CNS(=O)(=O)c2c[nH]cc21. The van der Waals surface area contributed by atoms with Crippen LogP contribution in [0, 0.1) is 0 Å². The second-order valence-electron chi connectivity index (χ2n) is 2.48. The summed E-state index contributed by atoms with van der Waals surface area (Å²) in [6, 6.07) is 0. The Morgan fingerprint density at radius 1 is 1.33 bits per heavy atom. The summed E-state index contributed by atoms with van der Waals surface area (Å²) in [5.74, 6) is -0.207. The molecule has 0 fully saturated rings. The van der Waals surface area contributed by atoms with Crippen molar-refractivity contribution in [1.82, 2.24) is 9.71 Å². The number of Topliss-reactive ketones (excluding diaryl/α,β-unsaturated/α-hetero) is 1. The highest BCUT2D eigenvalue weighted by Crippen LogP contribution is 2.18. The van der Waals surface area contributed by atoms with Gasteiger partial charge in [0.05, 0.1) is 12.1 Å². The largest absolute Gasteiger partial charge is 0.366 e. The van der Waals surface area contributed by atoms with E-state index in [0.29, 0.717) is 0 Å². The fourth-order valence-corrected chi connectivity index (χ4v) is 2.29. The predicted molar refractivity (Wildman–Crippen MR) is 40.3 cm³/mol. The molecule has 2 N–H and O–H groups in total. The first kappa shape index (κ1) is 7.51. The highest BCUT2D eigenvalue weighted by molar-refractivity contribution is 7.89. The molecule has 1 aliphatic heterocycles. The first-order valence-corrected chi connectivity index (χ1v) is 4.79. The third-order valence-corrected chi connectivity index (χ3v) is 3.16. The molecule has 64 valence electrons. The lowest BCUT2D eigenvalue weighted by molar-refractivity contribution is 0.0991. The first-order chi connectivity index (χ1) is 5.61. The van der Waals surface area contributed by atoms with E-state index in [0.717, 1.165) is 0 Å². The number of rotatable bonds is 0. The Morgan fingerprint density at radius 3 is 2.75 bits per heavy atom. The molecule has 0 atom stereocenters. The highest BCUT2D eigenvalue weighted by Gasteiger charge is 2.28. The molecule has 0 bridgehead atoms. The molecule has 0 amide bonds. The molecule has 0 aromatic carbocycles. The summed E-state index contributed by atoms with van der Waals surface area (Å²) in [5.41, 5.74) is 0.244. The lowest BCUT2D eigenvalue weighted by Crippen LogP contribution is -2.35. The summed E-state index contributed by atoms with van der Waals surface area (Å²) >= 11 is 0. The van der Waals surface area contributed by atoms with E-state index < -0.39 is 10.0 Å². The summed E-state index contributed by atoms with van der Waals surface area (Å²) < 4.78 is 24.5. The maximum atomic E-state index is 11.2. The van der Waals surface area contributed by atoms with Crippen LogP contribution >= 0.6 is 0 Å². The predicted octanol–water partition coefficient (Wildman–Crippen LogP) is -0.511. The van der Waals surface area contributed by atoms with E-state index in [1.54, 1.807) is 0 Å². The van der Waals surface area contributed by atoms with Crippen LogP contribution in [0.25, 0.3) is 0 Å². The van der Waals surface area contributed by atoms with Crippen LogP contribution in [0.2, 0.25) is 0 Å². The monoisotopic (exact) mass is 186 g/mol. The zero-order valence-corrected chi connectivity index (χ0v) is 6.81. The van der Waals surface area contributed by atoms with Gasteiger partial charge < -0.3 is 4.98 Å². The number of ketones is 1. The zero-order valence-electron chi connectivity index (χ0n) is 5.99. The first-order valence-electron chi connectivity index (χ1n) is 3.31. The van der Waals surface area contributed by atoms with Crippen molar-refractivity contribution in [1.29, 1.82) is 0 Å². The van der Waals surface area contributed by atoms with Gasteiger partial charge in [0.2, 0.25) is 10.0 Å². The van der Waals surface area contributed by atoms with Gasteiger partial charge in [0, 0.05) is 12.4 Å². The highest BCUT2D eigenvalue weighted by atomic mass is 32.2. The Labute approximate surface area is 68.8 Å². The molecular formula is C6H6N2O3S. The van der Waals surface area contributed by atoms with Crippen molar-refractivity contribution in [2.24, 2.45) is 0 Å². The van der Waals surface area contributed by atoms with E-state index in [2.05, 4.69) is 9.71 Å². The van der Waals surface area contributed by atoms with Gasteiger partial charge in [-0.3, -0.25) is 4.79 Å². The van der Waals surface area contributed by atoms with E-state index in [9.17, 15) is 13.2 Å². The molecule has 1 aromatic heterocycles. The van der Waals surface area contributed by atoms with Crippen molar-refractivity contribution in [3.63, 3.8) is 0 Å². The van der Waals surface area contributed by atoms with Gasteiger partial charge in [-0.2, -0.15) is 0 Å². The van der Waals surface area contributed by atoms with Crippen LogP contribution in [0.3, 0.4) is 0 Å². The Kier molecular flexibility index (Phi) is 1.36. The van der Waals surface area contributed by atoms with Crippen molar-refractivity contribution >= 4 is 15.8 Å². The van der Waals surface area contributed by atoms with Gasteiger partial charge in [0.15, 0.2) is 5.78 Å². The minimum absolute atomic E-state index is 0.0405. The van der Waals surface area contributed by atoms with Crippen molar-refractivity contribution in [3.8, 4) is 0 Å². The Bertz CT molecular complexity index is 431. The fraction of sp³-hybridized carbons (Fsp3) is 0.167. The molecule has 2 rings (SSSR count). The van der Waals surface area contributed by atoms with Crippen molar-refractivity contribution in [2.75, 3.05) is 6.54 Å². The summed E-state index contributed by atoms with van der Waals surface area (Å²) in [5, 5.41) is 0. The zero-order chi connectivity index (χ0) is 8.77. The average Bonchev–Trinajstić information content (AvgIpc) is 2.46. The Hall–Kier alpha value is -1.14. The average molecular weight is 186 g/mol. The molecule has 6 heteroatoms. The minimum Gasteiger partial charge on any atom is -0.366 e. The molecule has 2 heterocycles. The number of carbonyl (C=O) groups is 1. The van der Waals surface area contributed by atoms with Gasteiger partial charge >= 0.3 is 0 Å². The molecule has 0 spiro atoms. The molecule has 1 aliphatic rings. The van der Waals surface area contributed by atoms with Crippen LogP contribution < -0.4 is 4.72 Å². The number of hydrogen-bond donors (Lipinski definition) is 2. The van der Waals surface area contributed by atoms with Gasteiger partial charge in [0.1, 0.15) is 4.90 Å². The molecule has 0 saturated heterocycles. The lowest BCUT2D eigenvalue weighted by atomic mass is 10.2. The molecule has 0 aliphatic carbocycles. The number of carbonyl (C=O) groups excluding carboxylic acids is 1. The summed E-state index contributed by atoms with van der Waals surface area (Å²) in [4.78, 5) is 13.7. The van der Waals surface area contributed by atoms with Gasteiger partial charge in [-0.05, 0) is 0 Å². The molecule has 0 unspecified atom stereocenters. The van der Waals surface area contributed by atoms with E-state index in [1.165, 1.54) is 12.4 Å². The maximum Gasteiger partial charge on any atom is 0.243 e. The van der Waals surface area contributed by atoms with Crippen LogP contribution in [-0.2, 0) is 10.0 Å². The molecule has 12 heavy (non-hydrogen) atoms. The fourth-order valence-electron chi connectivity index (χ4n) is 1.12. The number of H-pyrrole nitrogens is 1. The number of fused-ring (bicyclic) bond motifs is 1. The van der Waals surface area contributed by atoms with Crippen LogP contribution in [0.5, 0.6) is 0 Å². The quantitative estimate of drug-likeness (QED) is 0.572. The number of aromatic nitrogens is 1.